The van der Waals surface area contributed by atoms with Crippen molar-refractivity contribution in [2.24, 2.45) is 0 Å². The van der Waals surface area contributed by atoms with Crippen LogP contribution in [0.4, 0.5) is 0 Å². The molecule has 1 atom stereocenters. The Morgan fingerprint density at radius 3 is 2.38 bits per heavy atom. The van der Waals surface area contributed by atoms with Gasteiger partial charge in [-0.25, -0.2) is 0 Å². The lowest BCUT2D eigenvalue weighted by molar-refractivity contribution is 0.563. The molecule has 0 spiro atoms. The van der Waals surface area contributed by atoms with E-state index in [0.29, 0.717) is 6.04 Å². The van der Waals surface area contributed by atoms with Gasteiger partial charge in [-0.05, 0) is 25.8 Å². The maximum Gasteiger partial charge on any atom is 0.0545 e. The second-order valence-electron chi connectivity index (χ2n) is 3.53. The molecule has 2 heteroatoms. The standard InChI is InChI=1S/C11H17NS/c1-9(2)12-11(13)8-10-6-4-3-5-7-10/h3-7,9,11-13H,8H2,1-2H3. The van der Waals surface area contributed by atoms with Crippen LogP contribution < -0.4 is 5.32 Å². The summed E-state index contributed by atoms with van der Waals surface area (Å²) in [6, 6.07) is 10.9. The molecule has 0 saturated heterocycles. The summed E-state index contributed by atoms with van der Waals surface area (Å²) in [5, 5.41) is 3.61. The average Bonchev–Trinajstić information content (AvgIpc) is 2.04. The summed E-state index contributed by atoms with van der Waals surface area (Å²) in [5.41, 5.74) is 1.33. The molecule has 0 aromatic heterocycles. The van der Waals surface area contributed by atoms with Gasteiger partial charge < -0.3 is 5.32 Å². The molecule has 1 aromatic rings. The average molecular weight is 195 g/mol. The van der Waals surface area contributed by atoms with E-state index in [2.05, 4.69) is 56.1 Å². The molecule has 13 heavy (non-hydrogen) atoms. The van der Waals surface area contributed by atoms with Crippen molar-refractivity contribution in [2.75, 3.05) is 0 Å². The van der Waals surface area contributed by atoms with Crippen LogP contribution in [0, 0.1) is 0 Å². The molecule has 0 heterocycles. The summed E-state index contributed by atoms with van der Waals surface area (Å²) in [6.07, 6.45) is 0.974. The minimum atomic E-state index is 0.252. The van der Waals surface area contributed by atoms with Crippen LogP contribution in [0.1, 0.15) is 19.4 Å². The molecule has 72 valence electrons. The third-order valence-corrected chi connectivity index (χ3v) is 2.13. The molecule has 0 aliphatic carbocycles. The quantitative estimate of drug-likeness (QED) is 0.555. The number of hydrogen-bond acceptors (Lipinski definition) is 2. The van der Waals surface area contributed by atoms with Crippen molar-refractivity contribution in [3.63, 3.8) is 0 Å². The summed E-state index contributed by atoms with van der Waals surface area (Å²) in [4.78, 5) is 0. The fourth-order valence-electron chi connectivity index (χ4n) is 1.28. The minimum Gasteiger partial charge on any atom is -0.303 e. The highest BCUT2D eigenvalue weighted by Gasteiger charge is 2.04. The molecule has 0 radical (unpaired) electrons. The van der Waals surface area contributed by atoms with Gasteiger partial charge in [0.2, 0.25) is 0 Å². The van der Waals surface area contributed by atoms with E-state index in [1.165, 1.54) is 5.56 Å². The molecule has 0 fully saturated rings. The van der Waals surface area contributed by atoms with Crippen LogP contribution in [0.3, 0.4) is 0 Å². The Bertz CT molecular complexity index is 233. The third-order valence-electron chi connectivity index (χ3n) is 1.80. The monoisotopic (exact) mass is 195 g/mol. The van der Waals surface area contributed by atoms with Crippen molar-refractivity contribution in [1.82, 2.24) is 5.32 Å². The van der Waals surface area contributed by atoms with Crippen LogP contribution in [0.25, 0.3) is 0 Å². The zero-order valence-electron chi connectivity index (χ0n) is 8.20. The predicted molar refractivity (Wildman–Crippen MR) is 61.2 cm³/mol. The molecular weight excluding hydrogens is 178 g/mol. The molecule has 1 rings (SSSR count). The summed E-state index contributed by atoms with van der Waals surface area (Å²) in [5.74, 6) is 0. The summed E-state index contributed by atoms with van der Waals surface area (Å²) in [6.45, 7) is 4.27. The van der Waals surface area contributed by atoms with Gasteiger partial charge in [-0.3, -0.25) is 0 Å². The normalized spacial score (nSPS) is 13.2. The van der Waals surface area contributed by atoms with E-state index >= 15 is 0 Å². The van der Waals surface area contributed by atoms with Gasteiger partial charge in [0, 0.05) is 6.04 Å². The van der Waals surface area contributed by atoms with Crippen molar-refractivity contribution in [3.05, 3.63) is 35.9 Å². The molecule has 0 amide bonds. The SMILES string of the molecule is CC(C)NC(S)Cc1ccccc1. The van der Waals surface area contributed by atoms with Crippen molar-refractivity contribution in [1.29, 1.82) is 0 Å². The molecule has 1 aromatic carbocycles. The van der Waals surface area contributed by atoms with E-state index in [4.69, 9.17) is 0 Å². The summed E-state index contributed by atoms with van der Waals surface area (Å²) in [7, 11) is 0. The fraction of sp³-hybridized carbons (Fsp3) is 0.455. The lowest BCUT2D eigenvalue weighted by atomic mass is 10.1. The number of rotatable bonds is 4. The highest BCUT2D eigenvalue weighted by Crippen LogP contribution is 2.05. The first kappa shape index (κ1) is 10.6. The molecule has 1 unspecified atom stereocenters. The lowest BCUT2D eigenvalue weighted by Crippen LogP contribution is -2.32. The van der Waals surface area contributed by atoms with Crippen molar-refractivity contribution < 1.29 is 0 Å². The number of thiol groups is 1. The second kappa shape index (κ2) is 5.30. The molecule has 1 nitrogen and oxygen atoms in total. The van der Waals surface area contributed by atoms with Gasteiger partial charge in [0.15, 0.2) is 0 Å². The van der Waals surface area contributed by atoms with Crippen LogP contribution in [0.2, 0.25) is 0 Å². The lowest BCUT2D eigenvalue weighted by Gasteiger charge is -2.15. The zero-order chi connectivity index (χ0) is 9.68. The highest BCUT2D eigenvalue weighted by atomic mass is 32.1. The fourth-order valence-corrected chi connectivity index (χ4v) is 1.79. The van der Waals surface area contributed by atoms with Gasteiger partial charge in [0.1, 0.15) is 0 Å². The number of benzene rings is 1. The maximum atomic E-state index is 4.47. The summed E-state index contributed by atoms with van der Waals surface area (Å²) >= 11 is 4.47. The molecule has 0 bridgehead atoms. The van der Waals surface area contributed by atoms with Gasteiger partial charge in [0.25, 0.3) is 0 Å². The minimum absolute atomic E-state index is 0.252. The van der Waals surface area contributed by atoms with E-state index in [1.54, 1.807) is 0 Å². The predicted octanol–water partition coefficient (Wildman–Crippen LogP) is 2.48. The van der Waals surface area contributed by atoms with E-state index in [-0.39, 0.29) is 5.37 Å². The first-order chi connectivity index (χ1) is 6.18. The van der Waals surface area contributed by atoms with Crippen molar-refractivity contribution >= 4 is 12.6 Å². The Hall–Kier alpha value is -0.470. The molecule has 1 N–H and O–H groups in total. The summed E-state index contributed by atoms with van der Waals surface area (Å²) < 4.78 is 0. The second-order valence-corrected chi connectivity index (χ2v) is 4.15. The molecule has 0 saturated carbocycles. The Balaban J connectivity index is 2.41. The topological polar surface area (TPSA) is 12.0 Å². The zero-order valence-corrected chi connectivity index (χ0v) is 9.09. The Kier molecular flexibility index (Phi) is 4.33. The van der Waals surface area contributed by atoms with E-state index < -0.39 is 0 Å². The Morgan fingerprint density at radius 1 is 1.23 bits per heavy atom. The molecule has 0 aliphatic rings. The third kappa shape index (κ3) is 4.34. The van der Waals surface area contributed by atoms with Crippen LogP contribution in [-0.2, 0) is 6.42 Å². The van der Waals surface area contributed by atoms with E-state index in [1.807, 2.05) is 6.07 Å². The first-order valence-electron chi connectivity index (χ1n) is 4.66. The van der Waals surface area contributed by atoms with Crippen LogP contribution in [0.15, 0.2) is 30.3 Å². The Labute approximate surface area is 86.0 Å². The smallest absolute Gasteiger partial charge is 0.0545 e. The Morgan fingerprint density at radius 2 is 1.85 bits per heavy atom. The van der Waals surface area contributed by atoms with Crippen molar-refractivity contribution in [3.8, 4) is 0 Å². The molecule has 0 aliphatic heterocycles. The molecular formula is C11H17NS. The van der Waals surface area contributed by atoms with Crippen molar-refractivity contribution in [2.45, 2.75) is 31.7 Å². The van der Waals surface area contributed by atoms with Gasteiger partial charge in [0.05, 0.1) is 5.37 Å². The van der Waals surface area contributed by atoms with Crippen LogP contribution in [-0.4, -0.2) is 11.4 Å². The van der Waals surface area contributed by atoms with E-state index in [0.717, 1.165) is 6.42 Å². The maximum absolute atomic E-state index is 4.47. The van der Waals surface area contributed by atoms with Gasteiger partial charge in [-0.2, -0.15) is 12.6 Å². The number of hydrogen-bond donors (Lipinski definition) is 2. The van der Waals surface area contributed by atoms with Crippen LogP contribution >= 0.6 is 12.6 Å². The van der Waals surface area contributed by atoms with E-state index in [9.17, 15) is 0 Å². The van der Waals surface area contributed by atoms with Gasteiger partial charge in [-0.15, -0.1) is 0 Å². The largest absolute Gasteiger partial charge is 0.303 e. The first-order valence-corrected chi connectivity index (χ1v) is 5.18. The van der Waals surface area contributed by atoms with Gasteiger partial charge >= 0.3 is 0 Å². The van der Waals surface area contributed by atoms with Gasteiger partial charge in [-0.1, -0.05) is 30.3 Å². The highest BCUT2D eigenvalue weighted by molar-refractivity contribution is 7.80. The van der Waals surface area contributed by atoms with Crippen LogP contribution in [0.5, 0.6) is 0 Å². The number of nitrogens with one attached hydrogen (secondary N) is 1.